The van der Waals surface area contributed by atoms with Crippen LogP contribution in [-0.2, 0) is 26.1 Å². The molecule has 0 radical (unpaired) electrons. The highest BCUT2D eigenvalue weighted by Gasteiger charge is 2.41. The highest BCUT2D eigenvalue weighted by atomic mass is 16.2. The van der Waals surface area contributed by atoms with E-state index in [1.807, 2.05) is 39.8 Å². The van der Waals surface area contributed by atoms with E-state index in [4.69, 9.17) is 0 Å². The molecule has 2 bridgehead atoms. The molecule has 7 heteroatoms. The molecule has 2 unspecified atom stereocenters. The number of hydrogen-bond acceptors (Lipinski definition) is 3. The molecule has 27 heavy (non-hydrogen) atoms. The first-order chi connectivity index (χ1) is 13.2. The Balaban J connectivity index is 1.31. The van der Waals surface area contributed by atoms with Crippen LogP contribution in [0.3, 0.4) is 0 Å². The Morgan fingerprint density at radius 2 is 1.89 bits per heavy atom. The monoisotopic (exact) mass is 367 g/mol. The summed E-state index contributed by atoms with van der Waals surface area (Å²) in [6, 6.07) is 10.1. The molecule has 2 aromatic rings. The predicted molar refractivity (Wildman–Crippen MR) is 100 cm³/mol. The van der Waals surface area contributed by atoms with E-state index in [1.54, 1.807) is 4.68 Å². The zero-order chi connectivity index (χ0) is 18.4. The average Bonchev–Trinajstić information content (AvgIpc) is 3.37. The first-order valence-corrected chi connectivity index (χ1v) is 9.95. The van der Waals surface area contributed by atoms with Crippen molar-refractivity contribution >= 4 is 6.03 Å². The number of nitrogens with zero attached hydrogens (tertiary/aromatic N) is 4. The van der Waals surface area contributed by atoms with Crippen molar-refractivity contribution in [3.63, 3.8) is 0 Å². The molecular weight excluding hydrogens is 342 g/mol. The van der Waals surface area contributed by atoms with E-state index in [-0.39, 0.29) is 23.8 Å². The Labute approximate surface area is 158 Å². The maximum Gasteiger partial charge on any atom is 0.345 e. The van der Waals surface area contributed by atoms with Gasteiger partial charge in [-0.25, -0.2) is 14.3 Å². The Morgan fingerprint density at radius 3 is 2.67 bits per heavy atom. The molecule has 142 valence electrons. The van der Waals surface area contributed by atoms with Crippen LogP contribution in [0.15, 0.2) is 35.1 Å². The fourth-order valence-corrected chi connectivity index (χ4v) is 4.44. The van der Waals surface area contributed by atoms with E-state index in [9.17, 15) is 9.59 Å². The fraction of sp³-hybridized carbons (Fsp3) is 0.550. The van der Waals surface area contributed by atoms with Crippen molar-refractivity contribution < 1.29 is 4.79 Å². The topological polar surface area (TPSA) is 72.2 Å². The van der Waals surface area contributed by atoms with Gasteiger partial charge in [0.25, 0.3) is 0 Å². The van der Waals surface area contributed by atoms with Crippen LogP contribution in [0.25, 0.3) is 0 Å². The molecule has 1 saturated heterocycles. The van der Waals surface area contributed by atoms with Gasteiger partial charge < -0.3 is 10.2 Å². The number of benzene rings is 1. The van der Waals surface area contributed by atoms with Gasteiger partial charge in [-0.1, -0.05) is 30.3 Å². The summed E-state index contributed by atoms with van der Waals surface area (Å²) in [6.07, 6.45) is 5.00. The molecule has 2 atom stereocenters. The summed E-state index contributed by atoms with van der Waals surface area (Å²) in [4.78, 5) is 27.6. The minimum absolute atomic E-state index is 0.00547. The first kappa shape index (κ1) is 16.6. The molecule has 7 nitrogen and oxygen atoms in total. The maximum atomic E-state index is 12.9. The van der Waals surface area contributed by atoms with Crippen LogP contribution in [0.4, 0.5) is 4.79 Å². The number of nitrogens with one attached hydrogen (secondary N) is 1. The second-order valence-electron chi connectivity index (χ2n) is 8.08. The average molecular weight is 367 g/mol. The number of rotatable bonds is 4. The van der Waals surface area contributed by atoms with Gasteiger partial charge in [0.2, 0.25) is 0 Å². The molecule has 0 spiro atoms. The van der Waals surface area contributed by atoms with Crippen molar-refractivity contribution in [2.45, 2.75) is 63.8 Å². The molecule has 2 amide bonds. The summed E-state index contributed by atoms with van der Waals surface area (Å²) in [7, 11) is 0. The second-order valence-corrected chi connectivity index (χ2v) is 8.08. The van der Waals surface area contributed by atoms with Crippen LogP contribution in [-0.4, -0.2) is 37.4 Å². The Kier molecular flexibility index (Phi) is 4.02. The van der Waals surface area contributed by atoms with Crippen LogP contribution in [0.2, 0.25) is 0 Å². The zero-order valence-corrected chi connectivity index (χ0v) is 15.4. The second kappa shape index (κ2) is 6.55. The third-order valence-electron chi connectivity index (χ3n) is 6.08. The van der Waals surface area contributed by atoms with E-state index in [0.29, 0.717) is 25.4 Å². The summed E-state index contributed by atoms with van der Waals surface area (Å²) < 4.78 is 3.46. The lowest BCUT2D eigenvalue weighted by Gasteiger charge is -2.28. The lowest BCUT2D eigenvalue weighted by Crippen LogP contribution is -2.47. The molecule has 1 aromatic heterocycles. The summed E-state index contributed by atoms with van der Waals surface area (Å²) in [5.41, 5.74) is 1.08. The summed E-state index contributed by atoms with van der Waals surface area (Å²) >= 11 is 0. The van der Waals surface area contributed by atoms with Crippen molar-refractivity contribution in [1.82, 2.24) is 24.6 Å². The first-order valence-electron chi connectivity index (χ1n) is 9.95. The molecule has 1 aromatic carbocycles. The molecule has 2 fully saturated rings. The van der Waals surface area contributed by atoms with E-state index in [1.165, 1.54) is 12.8 Å². The van der Waals surface area contributed by atoms with Gasteiger partial charge >= 0.3 is 11.7 Å². The Morgan fingerprint density at radius 1 is 1.11 bits per heavy atom. The van der Waals surface area contributed by atoms with Crippen LogP contribution < -0.4 is 11.0 Å². The van der Waals surface area contributed by atoms with Gasteiger partial charge in [-0.3, -0.25) is 4.57 Å². The molecule has 3 aliphatic rings. The number of urea groups is 1. The largest absolute Gasteiger partial charge is 0.345 e. The van der Waals surface area contributed by atoms with Gasteiger partial charge in [0.15, 0.2) is 0 Å². The van der Waals surface area contributed by atoms with E-state index < -0.39 is 0 Å². The third-order valence-corrected chi connectivity index (χ3v) is 6.08. The summed E-state index contributed by atoms with van der Waals surface area (Å²) in [5.74, 6) is 1.47. The molecule has 1 N–H and O–H groups in total. The van der Waals surface area contributed by atoms with Gasteiger partial charge in [0, 0.05) is 32.1 Å². The maximum absolute atomic E-state index is 12.9. The van der Waals surface area contributed by atoms with Crippen LogP contribution >= 0.6 is 0 Å². The minimum Gasteiger partial charge on any atom is -0.334 e. The number of fused-ring (bicyclic) bond motifs is 3. The number of carbonyl (C=O) groups excluding carboxylic acids is 1. The molecule has 1 saturated carbocycles. The van der Waals surface area contributed by atoms with Crippen molar-refractivity contribution in [3.05, 3.63) is 52.2 Å². The Hall–Kier alpha value is -2.57. The zero-order valence-electron chi connectivity index (χ0n) is 15.4. The van der Waals surface area contributed by atoms with E-state index in [2.05, 4.69) is 10.4 Å². The fourth-order valence-electron chi connectivity index (χ4n) is 4.44. The van der Waals surface area contributed by atoms with Crippen LogP contribution in [0.1, 0.15) is 37.1 Å². The highest BCUT2D eigenvalue weighted by Crippen LogP contribution is 2.32. The van der Waals surface area contributed by atoms with Crippen molar-refractivity contribution in [3.8, 4) is 0 Å². The highest BCUT2D eigenvalue weighted by molar-refractivity contribution is 5.75. The Bertz CT molecular complexity index is 899. The van der Waals surface area contributed by atoms with E-state index >= 15 is 0 Å². The molecule has 3 heterocycles. The van der Waals surface area contributed by atoms with Gasteiger partial charge in [-0.15, -0.1) is 0 Å². The summed E-state index contributed by atoms with van der Waals surface area (Å²) in [5, 5.41) is 7.66. The van der Waals surface area contributed by atoms with Crippen molar-refractivity contribution in [1.29, 1.82) is 0 Å². The van der Waals surface area contributed by atoms with E-state index in [0.717, 1.165) is 30.8 Å². The van der Waals surface area contributed by atoms with Gasteiger partial charge in [-0.2, -0.15) is 5.10 Å². The molecule has 2 aliphatic heterocycles. The van der Waals surface area contributed by atoms with Gasteiger partial charge in [0.1, 0.15) is 5.82 Å². The number of amides is 2. The molecule has 5 rings (SSSR count). The van der Waals surface area contributed by atoms with Crippen LogP contribution in [0.5, 0.6) is 0 Å². The third kappa shape index (κ3) is 3.15. The lowest BCUT2D eigenvalue weighted by atomic mass is 10.1. The minimum atomic E-state index is -0.0320. The quantitative estimate of drug-likeness (QED) is 0.895. The van der Waals surface area contributed by atoms with Gasteiger partial charge in [0.05, 0.1) is 6.04 Å². The normalized spacial score (nSPS) is 23.8. The SMILES string of the molecule is O=C(NCc1ccccc1)N1C2CCC1Cn1c(nn(CC3CC3)c1=O)C2. The predicted octanol–water partition coefficient (Wildman–Crippen LogP) is 1.75. The standard InChI is InChI=1S/C20H25N5O2/c26-19(21-11-14-4-2-1-3-5-14)25-16-8-9-17(25)13-23-18(10-16)22-24(20(23)27)12-15-6-7-15/h1-5,15-17H,6-13H2,(H,21,26). The number of hydrogen-bond donors (Lipinski definition) is 1. The van der Waals surface area contributed by atoms with Crippen molar-refractivity contribution in [2.75, 3.05) is 0 Å². The van der Waals surface area contributed by atoms with Crippen molar-refractivity contribution in [2.24, 2.45) is 5.92 Å². The lowest BCUT2D eigenvalue weighted by molar-refractivity contribution is 0.170. The molecule has 1 aliphatic carbocycles. The number of aromatic nitrogens is 3. The van der Waals surface area contributed by atoms with Gasteiger partial charge in [-0.05, 0) is 37.2 Å². The molecular formula is C20H25N5O2. The number of carbonyl (C=O) groups is 1. The smallest absolute Gasteiger partial charge is 0.334 e. The summed E-state index contributed by atoms with van der Waals surface area (Å²) in [6.45, 7) is 1.83. The van der Waals surface area contributed by atoms with Crippen LogP contribution in [0, 0.1) is 5.92 Å².